The lowest BCUT2D eigenvalue weighted by Crippen LogP contribution is -2.21. The second kappa shape index (κ2) is 7.97. The number of nitro benzene ring substituents is 1. The molecule has 2 aromatic heterocycles. The van der Waals surface area contributed by atoms with Gasteiger partial charge in [-0.3, -0.25) is 24.1 Å². The van der Waals surface area contributed by atoms with Crippen molar-refractivity contribution in [1.29, 1.82) is 0 Å². The Hall–Kier alpha value is -5.57. The van der Waals surface area contributed by atoms with Gasteiger partial charge in [0, 0.05) is 45.3 Å². The molecule has 9 nitrogen and oxygen atoms in total. The van der Waals surface area contributed by atoms with Gasteiger partial charge in [0.15, 0.2) is 23.0 Å². The van der Waals surface area contributed by atoms with Gasteiger partial charge in [0.05, 0.1) is 16.0 Å². The van der Waals surface area contributed by atoms with Gasteiger partial charge in [-0.15, -0.1) is 10.2 Å². The van der Waals surface area contributed by atoms with Crippen molar-refractivity contribution >= 4 is 33.8 Å². The highest BCUT2D eigenvalue weighted by Crippen LogP contribution is 2.36. The van der Waals surface area contributed by atoms with Crippen LogP contribution in [0.4, 0.5) is 5.69 Å². The summed E-state index contributed by atoms with van der Waals surface area (Å²) in [5, 5.41) is 20.6. The quantitative estimate of drug-likeness (QED) is 0.240. The third-order valence-corrected chi connectivity index (χ3v) is 6.77. The standard InChI is InChI=1S/C29H15N5O4/c35-25-19-8-4-5-9-20(19)26(36)23-21(25)14-15-22-24(23)30-27(16-6-2-1-3-7-16)33-28(31-32-29(22)33)17-10-12-18(13-11-17)34(37)38/h1-15H. The van der Waals surface area contributed by atoms with Crippen LogP contribution in [0, 0.1) is 10.1 Å². The summed E-state index contributed by atoms with van der Waals surface area (Å²) in [6.45, 7) is 0. The van der Waals surface area contributed by atoms with Crippen LogP contribution in [0.1, 0.15) is 31.8 Å². The van der Waals surface area contributed by atoms with Crippen LogP contribution in [0.3, 0.4) is 0 Å². The van der Waals surface area contributed by atoms with E-state index in [1.165, 1.54) is 12.1 Å². The molecule has 0 unspecified atom stereocenters. The van der Waals surface area contributed by atoms with Gasteiger partial charge in [-0.25, -0.2) is 4.98 Å². The van der Waals surface area contributed by atoms with Crippen molar-refractivity contribution in [2.45, 2.75) is 0 Å². The summed E-state index contributed by atoms with van der Waals surface area (Å²) in [6, 6.07) is 25.6. The molecule has 38 heavy (non-hydrogen) atoms. The molecule has 0 radical (unpaired) electrons. The van der Waals surface area contributed by atoms with E-state index in [4.69, 9.17) is 4.98 Å². The van der Waals surface area contributed by atoms with Gasteiger partial charge in [0.2, 0.25) is 0 Å². The van der Waals surface area contributed by atoms with Gasteiger partial charge in [0.25, 0.3) is 5.69 Å². The Labute approximate surface area is 214 Å². The van der Waals surface area contributed by atoms with E-state index >= 15 is 0 Å². The minimum Gasteiger partial charge on any atom is -0.289 e. The number of carbonyl (C=O) groups excluding carboxylic acids is 2. The maximum absolute atomic E-state index is 13.7. The molecule has 0 amide bonds. The van der Waals surface area contributed by atoms with Gasteiger partial charge in [-0.2, -0.15) is 0 Å². The molecule has 0 bridgehead atoms. The smallest absolute Gasteiger partial charge is 0.269 e. The number of hydrogen-bond acceptors (Lipinski definition) is 7. The fourth-order valence-corrected chi connectivity index (χ4v) is 4.98. The zero-order chi connectivity index (χ0) is 26.0. The molecule has 180 valence electrons. The predicted molar refractivity (Wildman–Crippen MR) is 139 cm³/mol. The molecule has 0 spiro atoms. The molecule has 1 aliphatic carbocycles. The minimum absolute atomic E-state index is 0.0375. The molecule has 4 aromatic carbocycles. The summed E-state index contributed by atoms with van der Waals surface area (Å²) in [4.78, 5) is 42.6. The van der Waals surface area contributed by atoms with Gasteiger partial charge < -0.3 is 0 Å². The number of hydrogen-bond donors (Lipinski definition) is 0. The Morgan fingerprint density at radius 3 is 2.03 bits per heavy atom. The van der Waals surface area contributed by atoms with Crippen molar-refractivity contribution in [3.8, 4) is 22.8 Å². The number of benzene rings is 4. The zero-order valence-electron chi connectivity index (χ0n) is 19.5. The van der Waals surface area contributed by atoms with Crippen molar-refractivity contribution in [3.05, 3.63) is 123 Å². The lowest BCUT2D eigenvalue weighted by molar-refractivity contribution is -0.384. The first-order valence-corrected chi connectivity index (χ1v) is 11.7. The lowest BCUT2D eigenvalue weighted by Gasteiger charge is -2.19. The second-order valence-electron chi connectivity index (χ2n) is 8.88. The third kappa shape index (κ3) is 3.02. The van der Waals surface area contributed by atoms with Gasteiger partial charge >= 0.3 is 0 Å². The molecule has 2 heterocycles. The molecule has 0 aliphatic heterocycles. The molecule has 1 aliphatic rings. The summed E-state index contributed by atoms with van der Waals surface area (Å²) < 4.78 is 1.77. The van der Waals surface area contributed by atoms with E-state index in [0.717, 1.165) is 5.56 Å². The first kappa shape index (κ1) is 21.7. The van der Waals surface area contributed by atoms with E-state index in [0.29, 0.717) is 50.5 Å². The number of nitro groups is 1. The summed E-state index contributed by atoms with van der Waals surface area (Å²) in [6.07, 6.45) is 0. The minimum atomic E-state index is -0.463. The van der Waals surface area contributed by atoms with Gasteiger partial charge in [-0.05, 0) is 24.3 Å². The van der Waals surface area contributed by atoms with E-state index in [1.807, 2.05) is 30.3 Å². The molecule has 6 aromatic rings. The summed E-state index contributed by atoms with van der Waals surface area (Å²) in [5.74, 6) is 0.410. The average Bonchev–Trinajstić information content (AvgIpc) is 3.41. The molecular weight excluding hydrogens is 482 g/mol. The Morgan fingerprint density at radius 2 is 1.32 bits per heavy atom. The summed E-state index contributed by atoms with van der Waals surface area (Å²) >= 11 is 0. The number of fused-ring (bicyclic) bond motifs is 6. The molecule has 0 N–H and O–H groups in total. The first-order chi connectivity index (χ1) is 18.5. The summed E-state index contributed by atoms with van der Waals surface area (Å²) in [5.41, 5.74) is 3.38. The Balaban J connectivity index is 1.56. The molecule has 9 heteroatoms. The van der Waals surface area contributed by atoms with Crippen LogP contribution in [0.5, 0.6) is 0 Å². The van der Waals surface area contributed by atoms with Crippen LogP contribution >= 0.6 is 0 Å². The molecule has 0 saturated heterocycles. The van der Waals surface area contributed by atoms with Crippen LogP contribution in [0.2, 0.25) is 0 Å². The highest BCUT2D eigenvalue weighted by molar-refractivity contribution is 6.32. The summed E-state index contributed by atoms with van der Waals surface area (Å²) in [7, 11) is 0. The first-order valence-electron chi connectivity index (χ1n) is 11.7. The van der Waals surface area contributed by atoms with E-state index in [1.54, 1.807) is 52.9 Å². The zero-order valence-corrected chi connectivity index (χ0v) is 19.5. The second-order valence-corrected chi connectivity index (χ2v) is 8.88. The van der Waals surface area contributed by atoms with Crippen LogP contribution < -0.4 is 0 Å². The van der Waals surface area contributed by atoms with Crippen molar-refractivity contribution in [2.24, 2.45) is 0 Å². The number of carbonyl (C=O) groups is 2. The highest BCUT2D eigenvalue weighted by atomic mass is 16.6. The fraction of sp³-hybridized carbons (Fsp3) is 0. The highest BCUT2D eigenvalue weighted by Gasteiger charge is 2.32. The van der Waals surface area contributed by atoms with E-state index < -0.39 is 4.92 Å². The number of non-ortho nitro benzene ring substituents is 1. The van der Waals surface area contributed by atoms with E-state index in [9.17, 15) is 19.7 Å². The Morgan fingerprint density at radius 1 is 0.658 bits per heavy atom. The number of aromatic nitrogens is 4. The van der Waals surface area contributed by atoms with Crippen LogP contribution in [-0.2, 0) is 0 Å². The number of nitrogens with zero attached hydrogens (tertiary/aromatic N) is 5. The van der Waals surface area contributed by atoms with Crippen molar-refractivity contribution in [3.63, 3.8) is 0 Å². The molecular formula is C29H15N5O4. The largest absolute Gasteiger partial charge is 0.289 e. The van der Waals surface area contributed by atoms with Crippen LogP contribution in [-0.4, -0.2) is 36.1 Å². The maximum atomic E-state index is 13.7. The third-order valence-electron chi connectivity index (χ3n) is 6.77. The van der Waals surface area contributed by atoms with E-state index in [-0.39, 0.29) is 22.8 Å². The molecule has 0 fully saturated rings. The normalized spacial score (nSPS) is 12.5. The Bertz CT molecular complexity index is 1980. The predicted octanol–water partition coefficient (Wildman–Crippen LogP) is 5.30. The average molecular weight is 497 g/mol. The number of ketones is 2. The van der Waals surface area contributed by atoms with E-state index in [2.05, 4.69) is 10.2 Å². The van der Waals surface area contributed by atoms with Gasteiger partial charge in [0.1, 0.15) is 5.82 Å². The van der Waals surface area contributed by atoms with Gasteiger partial charge in [-0.1, -0.05) is 54.6 Å². The van der Waals surface area contributed by atoms with Crippen molar-refractivity contribution in [1.82, 2.24) is 19.6 Å². The molecule has 0 saturated carbocycles. The Kier molecular flexibility index (Phi) is 4.55. The number of rotatable bonds is 3. The SMILES string of the molecule is O=C1c2ccccc2C(=O)c2c1ccc1c2nc(-c2ccccc2)n2c(-c3ccc([N+](=O)[O-])cc3)nnc12. The van der Waals surface area contributed by atoms with Crippen LogP contribution in [0.15, 0.2) is 91.0 Å². The molecule has 7 rings (SSSR count). The van der Waals surface area contributed by atoms with Crippen LogP contribution in [0.25, 0.3) is 39.3 Å². The molecule has 0 atom stereocenters. The topological polar surface area (TPSA) is 120 Å². The fourth-order valence-electron chi connectivity index (χ4n) is 4.98. The van der Waals surface area contributed by atoms with Crippen molar-refractivity contribution < 1.29 is 14.5 Å². The maximum Gasteiger partial charge on any atom is 0.269 e. The lowest BCUT2D eigenvalue weighted by atomic mass is 9.83. The van der Waals surface area contributed by atoms with Crippen molar-refractivity contribution in [2.75, 3.05) is 0 Å². The monoisotopic (exact) mass is 497 g/mol.